The van der Waals surface area contributed by atoms with Crippen LogP contribution >= 0.6 is 0 Å². The molecule has 1 fully saturated rings. The maximum atomic E-state index is 12.5. The van der Waals surface area contributed by atoms with Gasteiger partial charge < -0.3 is 14.4 Å². The number of carbonyl (C=O) groups excluding carboxylic acids is 1. The van der Waals surface area contributed by atoms with Gasteiger partial charge in [-0.1, -0.05) is 12.1 Å². The van der Waals surface area contributed by atoms with Gasteiger partial charge in [0.15, 0.2) is 0 Å². The minimum atomic E-state index is -4.86. The summed E-state index contributed by atoms with van der Waals surface area (Å²) in [6.07, 6.45) is -0.163. The molecular weight excluding hydrogens is 339 g/mol. The molecule has 9 heteroatoms. The van der Waals surface area contributed by atoms with Crippen molar-refractivity contribution in [3.8, 4) is 11.6 Å². The second kappa shape index (κ2) is 6.96. The van der Waals surface area contributed by atoms with Crippen molar-refractivity contribution in [1.29, 1.82) is 0 Å². The number of ether oxygens (including phenoxy) is 2. The lowest BCUT2D eigenvalue weighted by molar-refractivity contribution is -0.274. The molecule has 1 atom stereocenters. The quantitative estimate of drug-likeness (QED) is 0.846. The number of alkyl halides is 3. The van der Waals surface area contributed by atoms with E-state index in [-0.39, 0.29) is 18.2 Å². The fourth-order valence-electron chi connectivity index (χ4n) is 2.55. The zero-order chi connectivity index (χ0) is 17.9. The lowest BCUT2D eigenvalue weighted by Gasteiger charge is -2.19. The van der Waals surface area contributed by atoms with Crippen LogP contribution in [-0.4, -0.2) is 46.3 Å². The van der Waals surface area contributed by atoms with Gasteiger partial charge in [-0.3, -0.25) is 9.78 Å². The van der Waals surface area contributed by atoms with Crippen molar-refractivity contribution in [1.82, 2.24) is 14.9 Å². The number of halogens is 3. The number of hydrogen-bond donors (Lipinski definition) is 0. The summed E-state index contributed by atoms with van der Waals surface area (Å²) in [4.78, 5) is 21.9. The summed E-state index contributed by atoms with van der Waals surface area (Å²) >= 11 is 0. The molecule has 0 spiro atoms. The van der Waals surface area contributed by atoms with E-state index in [1.54, 1.807) is 0 Å². The molecule has 3 rings (SSSR count). The van der Waals surface area contributed by atoms with Crippen LogP contribution in [0.2, 0.25) is 0 Å². The van der Waals surface area contributed by atoms with Gasteiger partial charge in [-0.15, -0.1) is 13.2 Å². The average Bonchev–Trinajstić information content (AvgIpc) is 3.03. The van der Waals surface area contributed by atoms with Crippen molar-refractivity contribution in [2.45, 2.75) is 18.9 Å². The normalized spacial score (nSPS) is 17.4. The summed E-state index contributed by atoms with van der Waals surface area (Å²) in [5.74, 6) is -0.717. The third-order valence-corrected chi connectivity index (χ3v) is 3.60. The van der Waals surface area contributed by atoms with Gasteiger partial charge in [-0.05, 0) is 12.1 Å². The zero-order valence-electron chi connectivity index (χ0n) is 12.9. The van der Waals surface area contributed by atoms with E-state index in [0.717, 1.165) is 6.07 Å². The van der Waals surface area contributed by atoms with Crippen molar-refractivity contribution in [2.24, 2.45) is 0 Å². The van der Waals surface area contributed by atoms with E-state index in [0.29, 0.717) is 18.8 Å². The molecular formula is C16H14F3N3O3. The SMILES string of the molecule is O=C(c1ccccc1OC(F)(F)F)N1CCC(Oc2cnccn2)C1. The molecule has 0 bridgehead atoms. The average molecular weight is 353 g/mol. The van der Waals surface area contributed by atoms with Gasteiger partial charge in [0, 0.05) is 25.4 Å². The largest absolute Gasteiger partial charge is 0.573 e. The Morgan fingerprint density at radius 1 is 1.24 bits per heavy atom. The van der Waals surface area contributed by atoms with E-state index in [4.69, 9.17) is 4.74 Å². The van der Waals surface area contributed by atoms with Crippen molar-refractivity contribution in [3.63, 3.8) is 0 Å². The topological polar surface area (TPSA) is 64.5 Å². The molecule has 6 nitrogen and oxygen atoms in total. The number of para-hydroxylation sites is 1. The van der Waals surface area contributed by atoms with E-state index in [1.165, 1.54) is 41.7 Å². The van der Waals surface area contributed by atoms with E-state index in [1.807, 2.05) is 0 Å². The van der Waals surface area contributed by atoms with Crippen LogP contribution in [0.5, 0.6) is 11.6 Å². The summed E-state index contributed by atoms with van der Waals surface area (Å²) < 4.78 is 47.0. The van der Waals surface area contributed by atoms with Crippen LogP contribution in [-0.2, 0) is 0 Å². The minimum absolute atomic E-state index is 0.139. The molecule has 1 aliphatic rings. The highest BCUT2D eigenvalue weighted by Crippen LogP contribution is 2.28. The van der Waals surface area contributed by atoms with E-state index >= 15 is 0 Å². The van der Waals surface area contributed by atoms with Crippen molar-refractivity contribution in [2.75, 3.05) is 13.1 Å². The van der Waals surface area contributed by atoms with Crippen LogP contribution in [0.1, 0.15) is 16.8 Å². The molecule has 25 heavy (non-hydrogen) atoms. The second-order valence-corrected chi connectivity index (χ2v) is 5.37. The highest BCUT2D eigenvalue weighted by Gasteiger charge is 2.35. The Morgan fingerprint density at radius 2 is 2.04 bits per heavy atom. The highest BCUT2D eigenvalue weighted by molar-refractivity contribution is 5.97. The highest BCUT2D eigenvalue weighted by atomic mass is 19.4. The lowest BCUT2D eigenvalue weighted by Crippen LogP contribution is -2.32. The van der Waals surface area contributed by atoms with Gasteiger partial charge in [0.2, 0.25) is 5.88 Å². The first kappa shape index (κ1) is 17.0. The molecule has 2 aromatic rings. The number of rotatable bonds is 4. The molecule has 0 radical (unpaired) electrons. The van der Waals surface area contributed by atoms with Gasteiger partial charge in [0.05, 0.1) is 18.3 Å². The lowest BCUT2D eigenvalue weighted by atomic mass is 10.2. The Hall–Kier alpha value is -2.84. The summed E-state index contributed by atoms with van der Waals surface area (Å²) in [5.41, 5.74) is -0.139. The summed E-state index contributed by atoms with van der Waals surface area (Å²) in [6.45, 7) is 0.611. The van der Waals surface area contributed by atoms with E-state index in [2.05, 4.69) is 14.7 Å². The third-order valence-electron chi connectivity index (χ3n) is 3.60. The van der Waals surface area contributed by atoms with Gasteiger partial charge >= 0.3 is 6.36 Å². The summed E-state index contributed by atoms with van der Waals surface area (Å²) in [7, 11) is 0. The standard InChI is InChI=1S/C16H14F3N3O3/c17-16(18,19)25-13-4-2-1-3-12(13)15(23)22-8-5-11(10-22)24-14-9-20-6-7-21-14/h1-4,6-7,9,11H,5,8,10H2. The van der Waals surface area contributed by atoms with Gasteiger partial charge in [0.1, 0.15) is 11.9 Å². The molecule has 1 saturated heterocycles. The van der Waals surface area contributed by atoms with Crippen LogP contribution in [0, 0.1) is 0 Å². The van der Waals surface area contributed by atoms with Gasteiger partial charge in [-0.25, -0.2) is 4.98 Å². The Labute approximate surface area is 141 Å². The minimum Gasteiger partial charge on any atom is -0.471 e. The fourth-order valence-corrected chi connectivity index (χ4v) is 2.55. The van der Waals surface area contributed by atoms with E-state index in [9.17, 15) is 18.0 Å². The maximum absolute atomic E-state index is 12.5. The van der Waals surface area contributed by atoms with Crippen molar-refractivity contribution >= 4 is 5.91 Å². The monoisotopic (exact) mass is 353 g/mol. The molecule has 1 amide bonds. The first-order valence-corrected chi connectivity index (χ1v) is 7.49. The Morgan fingerprint density at radius 3 is 2.76 bits per heavy atom. The zero-order valence-corrected chi connectivity index (χ0v) is 12.9. The molecule has 132 valence electrons. The first-order valence-electron chi connectivity index (χ1n) is 7.49. The van der Waals surface area contributed by atoms with Crippen LogP contribution in [0.4, 0.5) is 13.2 Å². The number of aromatic nitrogens is 2. The van der Waals surface area contributed by atoms with E-state index < -0.39 is 18.0 Å². The number of hydrogen-bond acceptors (Lipinski definition) is 5. The Balaban J connectivity index is 1.68. The molecule has 0 saturated carbocycles. The predicted molar refractivity (Wildman–Crippen MR) is 80.1 cm³/mol. The smallest absolute Gasteiger partial charge is 0.471 e. The van der Waals surface area contributed by atoms with Crippen molar-refractivity contribution in [3.05, 3.63) is 48.4 Å². The molecule has 1 unspecified atom stereocenters. The number of likely N-dealkylation sites (tertiary alicyclic amines) is 1. The van der Waals surface area contributed by atoms with Crippen LogP contribution in [0.15, 0.2) is 42.9 Å². The van der Waals surface area contributed by atoms with Crippen LogP contribution in [0.25, 0.3) is 0 Å². The van der Waals surface area contributed by atoms with Crippen LogP contribution < -0.4 is 9.47 Å². The number of carbonyl (C=O) groups is 1. The van der Waals surface area contributed by atoms with Gasteiger partial charge in [-0.2, -0.15) is 0 Å². The van der Waals surface area contributed by atoms with Gasteiger partial charge in [0.25, 0.3) is 5.91 Å². The predicted octanol–water partition coefficient (Wildman–Crippen LogP) is 2.67. The molecule has 1 aromatic carbocycles. The third kappa shape index (κ3) is 4.37. The number of nitrogens with zero attached hydrogens (tertiary/aromatic N) is 3. The fraction of sp³-hybridized carbons (Fsp3) is 0.312. The first-order chi connectivity index (χ1) is 11.9. The molecule has 1 aromatic heterocycles. The number of amides is 1. The summed E-state index contributed by atoms with van der Waals surface area (Å²) in [5, 5.41) is 0. The number of benzene rings is 1. The van der Waals surface area contributed by atoms with Crippen molar-refractivity contribution < 1.29 is 27.4 Å². The Bertz CT molecular complexity index is 740. The summed E-state index contributed by atoms with van der Waals surface area (Å²) in [6, 6.07) is 5.28. The molecule has 0 N–H and O–H groups in total. The molecule has 2 heterocycles. The maximum Gasteiger partial charge on any atom is 0.573 e. The molecule has 1 aliphatic heterocycles. The Kier molecular flexibility index (Phi) is 4.73. The second-order valence-electron chi connectivity index (χ2n) is 5.37. The van der Waals surface area contributed by atoms with Crippen LogP contribution in [0.3, 0.4) is 0 Å². The molecule has 0 aliphatic carbocycles.